The van der Waals surface area contributed by atoms with Gasteiger partial charge in [0.1, 0.15) is 11.5 Å². The van der Waals surface area contributed by atoms with Crippen LogP contribution in [-0.4, -0.2) is 95.0 Å². The number of likely N-dealkylation sites (tertiary alicyclic amines) is 2. The van der Waals surface area contributed by atoms with Gasteiger partial charge in [0.05, 0.1) is 62.5 Å². The molecule has 2 aliphatic heterocycles. The molecule has 45 heavy (non-hydrogen) atoms. The fourth-order valence-corrected chi connectivity index (χ4v) is 5.60. The van der Waals surface area contributed by atoms with Gasteiger partial charge in [0.2, 0.25) is 6.41 Å². The summed E-state index contributed by atoms with van der Waals surface area (Å²) >= 11 is 0. The predicted molar refractivity (Wildman–Crippen MR) is 172 cm³/mol. The lowest BCUT2D eigenvalue weighted by Gasteiger charge is -2.48. The largest absolute Gasteiger partial charge is 0.497 e. The van der Waals surface area contributed by atoms with Gasteiger partial charge >= 0.3 is 0 Å². The minimum Gasteiger partial charge on any atom is -0.497 e. The lowest BCUT2D eigenvalue weighted by molar-refractivity contribution is -0.179. The Kier molecular flexibility index (Phi) is 9.62. The van der Waals surface area contributed by atoms with Crippen molar-refractivity contribution in [3.63, 3.8) is 0 Å². The SMILES string of the molecule is C=CC.COc1cc(Nc2ccc3ncc(-c4cnn(C5CCN(C(=O)C6(OC)CN(C=O)C6)CC5)c4)nc3c2)cc(OC)c1. The van der Waals surface area contributed by atoms with Gasteiger partial charge in [0.25, 0.3) is 5.91 Å². The van der Waals surface area contributed by atoms with Gasteiger partial charge in [-0.05, 0) is 38.0 Å². The quantitative estimate of drug-likeness (QED) is 0.215. The third-order valence-corrected chi connectivity index (χ3v) is 8.05. The molecule has 0 bridgehead atoms. The van der Waals surface area contributed by atoms with Crippen molar-refractivity contribution < 1.29 is 23.8 Å². The van der Waals surface area contributed by atoms with E-state index in [1.165, 1.54) is 7.11 Å². The van der Waals surface area contributed by atoms with Crippen molar-refractivity contribution in [3.05, 3.63) is 67.6 Å². The summed E-state index contributed by atoms with van der Waals surface area (Å²) in [6.07, 6.45) is 9.61. The van der Waals surface area contributed by atoms with Crippen molar-refractivity contribution in [1.82, 2.24) is 29.5 Å². The number of hydrogen-bond acceptors (Lipinski definition) is 9. The van der Waals surface area contributed by atoms with Crippen LogP contribution in [0.5, 0.6) is 11.5 Å². The monoisotopic (exact) mass is 613 g/mol. The zero-order chi connectivity index (χ0) is 32.0. The van der Waals surface area contributed by atoms with Crippen molar-refractivity contribution in [1.29, 1.82) is 0 Å². The van der Waals surface area contributed by atoms with Crippen LogP contribution in [0.3, 0.4) is 0 Å². The average Bonchev–Trinajstić information content (AvgIpc) is 3.55. The Bertz CT molecular complexity index is 1640. The zero-order valence-corrected chi connectivity index (χ0v) is 26.1. The van der Waals surface area contributed by atoms with E-state index in [9.17, 15) is 9.59 Å². The molecule has 0 atom stereocenters. The molecule has 236 valence electrons. The minimum atomic E-state index is -0.919. The molecule has 0 saturated carbocycles. The van der Waals surface area contributed by atoms with Crippen LogP contribution in [0.1, 0.15) is 25.8 Å². The number of fused-ring (bicyclic) bond motifs is 1. The molecule has 0 unspecified atom stereocenters. The Morgan fingerprint density at radius 2 is 1.69 bits per heavy atom. The normalized spacial score (nSPS) is 15.8. The summed E-state index contributed by atoms with van der Waals surface area (Å²) in [4.78, 5) is 37.0. The van der Waals surface area contributed by atoms with Crippen LogP contribution < -0.4 is 14.8 Å². The number of carbonyl (C=O) groups is 2. The van der Waals surface area contributed by atoms with E-state index in [-0.39, 0.29) is 11.9 Å². The first-order valence-electron chi connectivity index (χ1n) is 14.8. The number of hydrogen-bond donors (Lipinski definition) is 1. The Labute approximate surface area is 262 Å². The molecule has 2 amide bonds. The van der Waals surface area contributed by atoms with E-state index in [0.29, 0.717) is 37.7 Å². The van der Waals surface area contributed by atoms with Crippen LogP contribution in [0.4, 0.5) is 11.4 Å². The standard InChI is InChI=1S/C30H33N7O5.C3H6/c1-40-24-10-22(11-25(13-24)41-2)33-21-4-5-26-27(12-21)34-28(15-31-26)20-14-32-37(16-20)23-6-8-36(9-7-23)29(39)30(42-3)17-35(18-30)19-38;1-3-2/h4-5,10-16,19,23,33H,6-9,17-18H2,1-3H3;3H,1H2,2H3. The second-order valence-electron chi connectivity index (χ2n) is 11.0. The molecule has 0 spiro atoms. The van der Waals surface area contributed by atoms with Gasteiger partial charge in [-0.25, -0.2) is 4.98 Å². The Hall–Kier alpha value is -4.97. The van der Waals surface area contributed by atoms with Crippen molar-refractivity contribution in [3.8, 4) is 22.8 Å². The first-order valence-corrected chi connectivity index (χ1v) is 14.8. The van der Waals surface area contributed by atoms with Gasteiger partial charge in [-0.3, -0.25) is 19.3 Å². The summed E-state index contributed by atoms with van der Waals surface area (Å²) in [5.41, 5.74) is 3.91. The van der Waals surface area contributed by atoms with Crippen LogP contribution in [0, 0.1) is 0 Å². The number of amides is 2. The molecule has 2 aromatic carbocycles. The smallest absolute Gasteiger partial charge is 0.258 e. The minimum absolute atomic E-state index is 0.0476. The van der Waals surface area contributed by atoms with Gasteiger partial charge in [0, 0.05) is 61.5 Å². The maximum Gasteiger partial charge on any atom is 0.258 e. The Balaban J connectivity index is 0.00000128. The number of carbonyl (C=O) groups excluding carboxylic acids is 2. The van der Waals surface area contributed by atoms with Crippen molar-refractivity contribution in [2.75, 3.05) is 52.8 Å². The van der Waals surface area contributed by atoms with E-state index < -0.39 is 5.60 Å². The van der Waals surface area contributed by atoms with E-state index in [2.05, 4.69) is 22.0 Å². The highest BCUT2D eigenvalue weighted by atomic mass is 16.5. The molecule has 2 aromatic heterocycles. The summed E-state index contributed by atoms with van der Waals surface area (Å²) in [6, 6.07) is 11.6. The Morgan fingerprint density at radius 3 is 2.31 bits per heavy atom. The highest BCUT2D eigenvalue weighted by Gasteiger charge is 2.51. The molecule has 0 aliphatic carbocycles. The molecular formula is C33H39N7O5. The van der Waals surface area contributed by atoms with Crippen LogP contribution in [0.2, 0.25) is 0 Å². The van der Waals surface area contributed by atoms with Gasteiger partial charge in [0.15, 0.2) is 5.60 Å². The predicted octanol–water partition coefficient (Wildman–Crippen LogP) is 4.47. The molecule has 1 N–H and O–H groups in total. The van der Waals surface area contributed by atoms with Crippen LogP contribution in [0.15, 0.2) is 67.6 Å². The van der Waals surface area contributed by atoms with Gasteiger partial charge in [-0.15, -0.1) is 6.58 Å². The first kappa shape index (κ1) is 31.5. The average molecular weight is 614 g/mol. The summed E-state index contributed by atoms with van der Waals surface area (Å²) < 4.78 is 18.3. The van der Waals surface area contributed by atoms with Crippen LogP contribution in [0.25, 0.3) is 22.3 Å². The third-order valence-electron chi connectivity index (χ3n) is 8.05. The van der Waals surface area contributed by atoms with Crippen LogP contribution in [-0.2, 0) is 14.3 Å². The zero-order valence-electron chi connectivity index (χ0n) is 26.1. The van der Waals surface area contributed by atoms with E-state index in [1.54, 1.807) is 37.6 Å². The Morgan fingerprint density at radius 1 is 1.00 bits per heavy atom. The van der Waals surface area contributed by atoms with Crippen molar-refractivity contribution in [2.45, 2.75) is 31.4 Å². The van der Waals surface area contributed by atoms with Gasteiger partial charge in [-0.2, -0.15) is 5.10 Å². The second kappa shape index (κ2) is 13.8. The van der Waals surface area contributed by atoms with Gasteiger partial charge in [-0.1, -0.05) is 6.08 Å². The van der Waals surface area contributed by atoms with E-state index in [0.717, 1.165) is 52.9 Å². The molecule has 12 nitrogen and oxygen atoms in total. The lowest BCUT2D eigenvalue weighted by Crippen LogP contribution is -2.70. The van der Waals surface area contributed by atoms with Crippen molar-refractivity contribution >= 4 is 34.7 Å². The maximum atomic E-state index is 13.1. The fourth-order valence-electron chi connectivity index (χ4n) is 5.60. The number of rotatable bonds is 9. The number of allylic oxidation sites excluding steroid dienone is 1. The first-order chi connectivity index (χ1) is 21.8. The molecule has 2 aliphatic rings. The fraction of sp³-hybridized carbons (Fsp3) is 0.364. The molecule has 0 radical (unpaired) electrons. The summed E-state index contributed by atoms with van der Waals surface area (Å²) in [7, 11) is 4.77. The number of nitrogens with zero attached hydrogens (tertiary/aromatic N) is 6. The second-order valence-corrected chi connectivity index (χ2v) is 11.0. The molecule has 4 heterocycles. The van der Waals surface area contributed by atoms with Gasteiger partial charge < -0.3 is 29.3 Å². The summed E-state index contributed by atoms with van der Waals surface area (Å²) in [6.45, 7) is 7.06. The molecule has 2 saturated heterocycles. The number of benzene rings is 2. The maximum absolute atomic E-state index is 13.1. The van der Waals surface area contributed by atoms with E-state index >= 15 is 0 Å². The van der Waals surface area contributed by atoms with E-state index in [4.69, 9.17) is 19.2 Å². The number of piperidine rings is 1. The summed E-state index contributed by atoms with van der Waals surface area (Å²) in [5, 5.41) is 8.02. The van der Waals surface area contributed by atoms with E-state index in [1.807, 2.05) is 59.1 Å². The highest BCUT2D eigenvalue weighted by molar-refractivity contribution is 5.88. The molecule has 4 aromatic rings. The number of anilines is 2. The summed E-state index contributed by atoms with van der Waals surface area (Å²) in [5.74, 6) is 1.34. The molecule has 12 heteroatoms. The number of nitrogens with one attached hydrogen (secondary N) is 1. The molecular weight excluding hydrogens is 574 g/mol. The number of aromatic nitrogens is 4. The number of methoxy groups -OCH3 is 3. The third kappa shape index (κ3) is 6.75. The van der Waals surface area contributed by atoms with Crippen molar-refractivity contribution in [2.24, 2.45) is 0 Å². The highest BCUT2D eigenvalue weighted by Crippen LogP contribution is 2.32. The number of ether oxygens (including phenoxy) is 3. The van der Waals surface area contributed by atoms with Crippen LogP contribution >= 0.6 is 0 Å². The topological polar surface area (TPSA) is 124 Å². The molecule has 6 rings (SSSR count). The molecule has 2 fully saturated rings. The lowest BCUT2D eigenvalue weighted by atomic mass is 9.91.